The Hall–Kier alpha value is -4.23. The SMILES string of the molecule is N#CCC(c1cc(C#N)cs1)n1cc(-c2ncnc3[nH]ccc23)cn1.O=C(O)C(F)(F)F. The fraction of sp³-hybridized carbons (Fsp3) is 0.158. The van der Waals surface area contributed by atoms with Crippen LogP contribution >= 0.6 is 11.3 Å². The van der Waals surface area contributed by atoms with Crippen LogP contribution in [-0.4, -0.2) is 42.0 Å². The Morgan fingerprint density at radius 1 is 1.34 bits per heavy atom. The van der Waals surface area contributed by atoms with Crippen molar-refractivity contribution in [3.8, 4) is 23.4 Å². The fourth-order valence-electron chi connectivity index (χ4n) is 2.73. The zero-order valence-electron chi connectivity index (χ0n) is 15.9. The molecule has 4 rings (SSSR count). The molecule has 4 aromatic rings. The first-order chi connectivity index (χ1) is 15.2. The topological polar surface area (TPSA) is 144 Å². The van der Waals surface area contributed by atoms with E-state index in [1.54, 1.807) is 16.3 Å². The number of carboxylic acid groups (broad SMARTS) is 1. The van der Waals surface area contributed by atoms with E-state index in [1.807, 2.05) is 24.5 Å². The molecule has 4 aromatic heterocycles. The van der Waals surface area contributed by atoms with Crippen molar-refractivity contribution in [2.24, 2.45) is 0 Å². The Kier molecular flexibility index (Phi) is 6.51. The lowest BCUT2D eigenvalue weighted by Gasteiger charge is -2.12. The zero-order chi connectivity index (χ0) is 23.3. The molecule has 0 saturated carbocycles. The van der Waals surface area contributed by atoms with Gasteiger partial charge in [0.05, 0.1) is 36.0 Å². The molecule has 0 saturated heterocycles. The summed E-state index contributed by atoms with van der Waals surface area (Å²) >= 11 is 1.46. The van der Waals surface area contributed by atoms with E-state index in [1.165, 1.54) is 17.7 Å². The van der Waals surface area contributed by atoms with E-state index in [0.717, 1.165) is 27.2 Å². The molecule has 9 nitrogen and oxygen atoms in total. The number of H-pyrrole nitrogens is 1. The number of rotatable bonds is 4. The maximum atomic E-state index is 10.6. The lowest BCUT2D eigenvalue weighted by Crippen LogP contribution is -2.21. The maximum absolute atomic E-state index is 10.6. The van der Waals surface area contributed by atoms with E-state index in [2.05, 4.69) is 32.2 Å². The van der Waals surface area contributed by atoms with Gasteiger partial charge in [-0.25, -0.2) is 14.8 Å². The molecule has 0 radical (unpaired) electrons. The predicted molar refractivity (Wildman–Crippen MR) is 106 cm³/mol. The average molecular weight is 459 g/mol. The van der Waals surface area contributed by atoms with Crippen LogP contribution in [0.4, 0.5) is 13.2 Å². The molecule has 4 heterocycles. The third-order valence-electron chi connectivity index (χ3n) is 4.15. The summed E-state index contributed by atoms with van der Waals surface area (Å²) in [5.41, 5.74) is 3.01. The van der Waals surface area contributed by atoms with Crippen LogP contribution in [0.15, 0.2) is 42.4 Å². The molecule has 32 heavy (non-hydrogen) atoms. The van der Waals surface area contributed by atoms with Gasteiger partial charge in [0.15, 0.2) is 0 Å². The Bertz CT molecular complexity index is 1330. The van der Waals surface area contributed by atoms with Crippen molar-refractivity contribution in [1.82, 2.24) is 24.7 Å². The minimum atomic E-state index is -5.08. The van der Waals surface area contributed by atoms with Gasteiger partial charge in [-0.15, -0.1) is 11.3 Å². The molecule has 0 aliphatic heterocycles. The van der Waals surface area contributed by atoms with Crippen molar-refractivity contribution in [2.75, 3.05) is 0 Å². The molecule has 2 N–H and O–H groups in total. The highest BCUT2D eigenvalue weighted by Crippen LogP contribution is 2.30. The van der Waals surface area contributed by atoms with Crippen LogP contribution in [0, 0.1) is 22.7 Å². The Labute approximate surface area is 182 Å². The van der Waals surface area contributed by atoms with Gasteiger partial charge in [0.2, 0.25) is 0 Å². The van der Waals surface area contributed by atoms with Crippen molar-refractivity contribution >= 4 is 28.3 Å². The summed E-state index contributed by atoms with van der Waals surface area (Å²) in [6.45, 7) is 0. The fourth-order valence-corrected chi connectivity index (χ4v) is 3.66. The third kappa shape index (κ3) is 4.91. The summed E-state index contributed by atoms with van der Waals surface area (Å²) in [6.07, 6.45) is 2.13. The number of aromatic nitrogens is 5. The highest BCUT2D eigenvalue weighted by atomic mass is 32.1. The van der Waals surface area contributed by atoms with E-state index in [9.17, 15) is 18.4 Å². The number of halogens is 3. The van der Waals surface area contributed by atoms with Gasteiger partial charge < -0.3 is 10.1 Å². The second-order valence-corrected chi connectivity index (χ2v) is 7.14. The molecular formula is C19H12F3N7O2S. The van der Waals surface area contributed by atoms with E-state index >= 15 is 0 Å². The molecular weight excluding hydrogens is 447 g/mol. The van der Waals surface area contributed by atoms with Crippen LogP contribution < -0.4 is 0 Å². The molecule has 13 heteroatoms. The second kappa shape index (κ2) is 9.28. The van der Waals surface area contributed by atoms with E-state index in [0.29, 0.717) is 5.56 Å². The number of hydrogen-bond donors (Lipinski definition) is 2. The molecule has 0 aliphatic rings. The number of hydrogen-bond acceptors (Lipinski definition) is 7. The Balaban J connectivity index is 0.000000360. The number of nitrogens with zero attached hydrogens (tertiary/aromatic N) is 6. The summed E-state index contributed by atoms with van der Waals surface area (Å²) in [5, 5.41) is 32.5. The van der Waals surface area contributed by atoms with E-state index in [-0.39, 0.29) is 12.5 Å². The molecule has 162 valence electrons. The van der Waals surface area contributed by atoms with Crippen LogP contribution in [0.2, 0.25) is 0 Å². The standard InChI is InChI=1S/C17H11N7S.C2HF3O2/c18-3-1-14(15-5-11(6-19)9-25-15)24-8-12(7-23-24)16-13-2-4-20-17(13)22-10-21-16;3-2(4,5)1(6)7/h2,4-5,7-10,14H,1H2,(H,20,21,22);(H,6,7). The summed E-state index contributed by atoms with van der Waals surface area (Å²) in [6, 6.07) is 7.83. The molecule has 0 fully saturated rings. The second-order valence-electron chi connectivity index (χ2n) is 6.20. The number of thiophene rings is 1. The summed E-state index contributed by atoms with van der Waals surface area (Å²) in [5.74, 6) is -2.76. The highest BCUT2D eigenvalue weighted by molar-refractivity contribution is 7.10. The predicted octanol–water partition coefficient (Wildman–Crippen LogP) is 3.89. The Morgan fingerprint density at radius 3 is 2.72 bits per heavy atom. The first-order valence-corrected chi connectivity index (χ1v) is 9.60. The van der Waals surface area contributed by atoms with Gasteiger partial charge in [0.25, 0.3) is 0 Å². The summed E-state index contributed by atoms with van der Waals surface area (Å²) in [4.78, 5) is 21.5. The third-order valence-corrected chi connectivity index (χ3v) is 5.19. The summed E-state index contributed by atoms with van der Waals surface area (Å²) in [7, 11) is 0. The lowest BCUT2D eigenvalue weighted by molar-refractivity contribution is -0.192. The van der Waals surface area contributed by atoms with Gasteiger partial charge in [-0.2, -0.15) is 28.8 Å². The monoisotopic (exact) mass is 459 g/mol. The van der Waals surface area contributed by atoms with Gasteiger partial charge in [0, 0.05) is 33.6 Å². The van der Waals surface area contributed by atoms with Crippen molar-refractivity contribution in [2.45, 2.75) is 18.6 Å². The van der Waals surface area contributed by atoms with Gasteiger partial charge in [-0.3, -0.25) is 4.68 Å². The first kappa shape index (κ1) is 22.5. The van der Waals surface area contributed by atoms with Gasteiger partial charge >= 0.3 is 12.1 Å². The normalized spacial score (nSPS) is 11.8. The van der Waals surface area contributed by atoms with Crippen molar-refractivity contribution in [3.63, 3.8) is 0 Å². The molecule has 1 atom stereocenters. The smallest absolute Gasteiger partial charge is 0.475 e. The number of carboxylic acids is 1. The summed E-state index contributed by atoms with van der Waals surface area (Å²) < 4.78 is 33.5. The van der Waals surface area contributed by atoms with E-state index in [4.69, 9.17) is 15.2 Å². The number of fused-ring (bicyclic) bond motifs is 1. The van der Waals surface area contributed by atoms with Crippen LogP contribution in [0.5, 0.6) is 0 Å². The molecule has 0 spiro atoms. The van der Waals surface area contributed by atoms with Crippen LogP contribution in [0.25, 0.3) is 22.3 Å². The van der Waals surface area contributed by atoms with Gasteiger partial charge in [-0.05, 0) is 12.1 Å². The number of nitriles is 2. The molecule has 0 aliphatic carbocycles. The quantitative estimate of drug-likeness (QED) is 0.471. The minimum Gasteiger partial charge on any atom is -0.475 e. The highest BCUT2D eigenvalue weighted by Gasteiger charge is 2.38. The van der Waals surface area contributed by atoms with Crippen LogP contribution in [0.3, 0.4) is 0 Å². The Morgan fingerprint density at radius 2 is 2.09 bits per heavy atom. The average Bonchev–Trinajstić information content (AvgIpc) is 3.52. The zero-order valence-corrected chi connectivity index (χ0v) is 16.7. The lowest BCUT2D eigenvalue weighted by atomic mass is 10.1. The van der Waals surface area contributed by atoms with E-state index < -0.39 is 12.1 Å². The molecule has 1 unspecified atom stereocenters. The number of nitrogens with one attached hydrogen (secondary N) is 1. The molecule has 0 aromatic carbocycles. The number of carbonyl (C=O) groups is 1. The largest absolute Gasteiger partial charge is 0.490 e. The van der Waals surface area contributed by atoms with Crippen molar-refractivity contribution in [3.05, 3.63) is 52.9 Å². The number of aromatic amines is 1. The first-order valence-electron chi connectivity index (χ1n) is 8.72. The number of alkyl halides is 3. The molecule has 0 bridgehead atoms. The number of aliphatic carboxylic acids is 1. The van der Waals surface area contributed by atoms with Gasteiger partial charge in [-0.1, -0.05) is 0 Å². The molecule has 0 amide bonds. The van der Waals surface area contributed by atoms with Gasteiger partial charge in [0.1, 0.15) is 18.0 Å². The van der Waals surface area contributed by atoms with Crippen molar-refractivity contribution < 1.29 is 23.1 Å². The van der Waals surface area contributed by atoms with Crippen molar-refractivity contribution in [1.29, 1.82) is 10.5 Å². The minimum absolute atomic E-state index is 0.227. The maximum Gasteiger partial charge on any atom is 0.490 e. The van der Waals surface area contributed by atoms with Crippen LogP contribution in [0.1, 0.15) is 22.9 Å². The van der Waals surface area contributed by atoms with Crippen LogP contribution in [-0.2, 0) is 4.79 Å².